The maximum Gasteiger partial charge on any atom is 0.161 e. The van der Waals surface area contributed by atoms with Crippen molar-refractivity contribution in [1.82, 2.24) is 9.97 Å². The first-order chi connectivity index (χ1) is 9.11. The van der Waals surface area contributed by atoms with Gasteiger partial charge in [0.15, 0.2) is 5.82 Å². The molecule has 3 nitrogen and oxygen atoms in total. The second-order valence-electron chi connectivity index (χ2n) is 4.59. The van der Waals surface area contributed by atoms with Crippen molar-refractivity contribution in [2.75, 3.05) is 11.9 Å². The third-order valence-electron chi connectivity index (χ3n) is 2.84. The molecule has 0 aliphatic heterocycles. The van der Waals surface area contributed by atoms with Crippen molar-refractivity contribution in [3.63, 3.8) is 0 Å². The van der Waals surface area contributed by atoms with Crippen molar-refractivity contribution in [3.8, 4) is 11.4 Å². The molecule has 0 bridgehead atoms. The van der Waals surface area contributed by atoms with Crippen LogP contribution in [-0.2, 0) is 0 Å². The average Bonchev–Trinajstić information content (AvgIpc) is 2.40. The smallest absolute Gasteiger partial charge is 0.161 e. The standard InChI is InChI=1S/C15H18IN3/c1-4-8-17-15-13(16)11(3)18-14(19-15)12-7-5-6-10(2)9-12/h5-7,9H,4,8H2,1-3H3,(H,17,18,19). The Morgan fingerprint density at radius 3 is 2.68 bits per heavy atom. The predicted molar refractivity (Wildman–Crippen MR) is 88.4 cm³/mol. The monoisotopic (exact) mass is 367 g/mol. The highest BCUT2D eigenvalue weighted by molar-refractivity contribution is 14.1. The minimum Gasteiger partial charge on any atom is -0.369 e. The maximum atomic E-state index is 4.65. The van der Waals surface area contributed by atoms with E-state index in [1.165, 1.54) is 5.56 Å². The third-order valence-corrected chi connectivity index (χ3v) is 4.13. The van der Waals surface area contributed by atoms with Gasteiger partial charge in [0.25, 0.3) is 0 Å². The zero-order chi connectivity index (χ0) is 13.8. The molecule has 19 heavy (non-hydrogen) atoms. The highest BCUT2D eigenvalue weighted by Crippen LogP contribution is 2.24. The lowest BCUT2D eigenvalue weighted by Crippen LogP contribution is -2.07. The fourth-order valence-corrected chi connectivity index (χ4v) is 2.26. The number of hydrogen-bond acceptors (Lipinski definition) is 3. The van der Waals surface area contributed by atoms with E-state index in [0.29, 0.717) is 0 Å². The van der Waals surface area contributed by atoms with Crippen LogP contribution in [0, 0.1) is 17.4 Å². The van der Waals surface area contributed by atoms with Crippen molar-refractivity contribution in [2.45, 2.75) is 27.2 Å². The van der Waals surface area contributed by atoms with Crippen LogP contribution >= 0.6 is 22.6 Å². The van der Waals surface area contributed by atoms with Crippen LogP contribution in [0.5, 0.6) is 0 Å². The van der Waals surface area contributed by atoms with E-state index < -0.39 is 0 Å². The Bertz CT molecular complexity index is 582. The molecular weight excluding hydrogens is 349 g/mol. The second-order valence-corrected chi connectivity index (χ2v) is 5.67. The summed E-state index contributed by atoms with van der Waals surface area (Å²) in [5.41, 5.74) is 3.31. The Kier molecular flexibility index (Phi) is 4.74. The average molecular weight is 367 g/mol. The van der Waals surface area contributed by atoms with Gasteiger partial charge >= 0.3 is 0 Å². The van der Waals surface area contributed by atoms with E-state index in [2.05, 4.69) is 69.9 Å². The van der Waals surface area contributed by atoms with E-state index in [1.54, 1.807) is 0 Å². The van der Waals surface area contributed by atoms with E-state index in [-0.39, 0.29) is 0 Å². The maximum absolute atomic E-state index is 4.65. The van der Waals surface area contributed by atoms with Gasteiger partial charge in [-0.25, -0.2) is 9.97 Å². The van der Waals surface area contributed by atoms with Crippen molar-refractivity contribution in [1.29, 1.82) is 0 Å². The normalized spacial score (nSPS) is 10.5. The Morgan fingerprint density at radius 1 is 1.21 bits per heavy atom. The lowest BCUT2D eigenvalue weighted by molar-refractivity contribution is 0.958. The quantitative estimate of drug-likeness (QED) is 0.824. The fourth-order valence-electron chi connectivity index (χ4n) is 1.83. The zero-order valence-corrected chi connectivity index (χ0v) is 13.7. The SMILES string of the molecule is CCCNc1nc(-c2cccc(C)c2)nc(C)c1I. The van der Waals surface area contributed by atoms with Gasteiger partial charge in [-0.15, -0.1) is 0 Å². The molecule has 0 amide bonds. The van der Waals surface area contributed by atoms with Crippen molar-refractivity contribution in [2.24, 2.45) is 0 Å². The van der Waals surface area contributed by atoms with E-state index >= 15 is 0 Å². The van der Waals surface area contributed by atoms with E-state index in [4.69, 9.17) is 0 Å². The van der Waals surface area contributed by atoms with Gasteiger partial charge in [0, 0.05) is 12.1 Å². The van der Waals surface area contributed by atoms with Crippen LogP contribution < -0.4 is 5.32 Å². The van der Waals surface area contributed by atoms with Crippen LogP contribution in [0.15, 0.2) is 24.3 Å². The molecule has 0 spiro atoms. The van der Waals surface area contributed by atoms with Gasteiger partial charge in [0.2, 0.25) is 0 Å². The minimum atomic E-state index is 0.792. The van der Waals surface area contributed by atoms with Gasteiger partial charge in [0.05, 0.1) is 9.26 Å². The highest BCUT2D eigenvalue weighted by atomic mass is 127. The van der Waals surface area contributed by atoms with Crippen LogP contribution in [0.2, 0.25) is 0 Å². The Labute approximate surface area is 128 Å². The minimum absolute atomic E-state index is 0.792. The largest absolute Gasteiger partial charge is 0.369 e. The number of rotatable bonds is 4. The molecule has 4 heteroatoms. The van der Waals surface area contributed by atoms with Crippen molar-refractivity contribution in [3.05, 3.63) is 39.1 Å². The van der Waals surface area contributed by atoms with Crippen LogP contribution in [0.3, 0.4) is 0 Å². The number of halogens is 1. The molecule has 0 unspecified atom stereocenters. The van der Waals surface area contributed by atoms with Crippen molar-refractivity contribution < 1.29 is 0 Å². The van der Waals surface area contributed by atoms with Crippen LogP contribution in [0.4, 0.5) is 5.82 Å². The molecule has 0 saturated carbocycles. The molecule has 0 aliphatic carbocycles. The number of anilines is 1. The molecule has 1 heterocycles. The molecule has 1 aromatic carbocycles. The molecular formula is C15H18IN3. The first kappa shape index (κ1) is 14.2. The van der Waals surface area contributed by atoms with Gasteiger partial charge in [-0.1, -0.05) is 30.7 Å². The molecule has 0 radical (unpaired) electrons. The Morgan fingerprint density at radius 2 is 2.00 bits per heavy atom. The molecule has 100 valence electrons. The molecule has 0 saturated heterocycles. The van der Waals surface area contributed by atoms with Gasteiger partial charge in [-0.2, -0.15) is 0 Å². The number of aromatic nitrogens is 2. The van der Waals surface area contributed by atoms with E-state index in [9.17, 15) is 0 Å². The topological polar surface area (TPSA) is 37.8 Å². The molecule has 0 fully saturated rings. The summed E-state index contributed by atoms with van der Waals surface area (Å²) in [7, 11) is 0. The van der Waals surface area contributed by atoms with E-state index in [0.717, 1.165) is 39.4 Å². The van der Waals surface area contributed by atoms with Crippen LogP contribution in [0.25, 0.3) is 11.4 Å². The van der Waals surface area contributed by atoms with Crippen LogP contribution in [0.1, 0.15) is 24.6 Å². The highest BCUT2D eigenvalue weighted by Gasteiger charge is 2.10. The summed E-state index contributed by atoms with van der Waals surface area (Å²) in [6.45, 7) is 7.19. The summed E-state index contributed by atoms with van der Waals surface area (Å²) < 4.78 is 1.10. The van der Waals surface area contributed by atoms with E-state index in [1.807, 2.05) is 13.0 Å². The molecule has 1 aromatic heterocycles. The fraction of sp³-hybridized carbons (Fsp3) is 0.333. The second kappa shape index (κ2) is 6.32. The molecule has 1 N–H and O–H groups in total. The van der Waals surface area contributed by atoms with Crippen molar-refractivity contribution >= 4 is 28.4 Å². The third kappa shape index (κ3) is 3.43. The van der Waals surface area contributed by atoms with Gasteiger partial charge in [0.1, 0.15) is 5.82 Å². The zero-order valence-electron chi connectivity index (χ0n) is 11.5. The van der Waals surface area contributed by atoms with Gasteiger partial charge < -0.3 is 5.32 Å². The molecule has 0 aliphatic rings. The summed E-state index contributed by atoms with van der Waals surface area (Å²) in [5.74, 6) is 1.73. The van der Waals surface area contributed by atoms with Gasteiger partial charge in [-0.05, 0) is 48.9 Å². The summed E-state index contributed by atoms with van der Waals surface area (Å²) in [6.07, 6.45) is 1.08. The summed E-state index contributed by atoms with van der Waals surface area (Å²) in [6, 6.07) is 8.29. The summed E-state index contributed by atoms with van der Waals surface area (Å²) >= 11 is 2.30. The lowest BCUT2D eigenvalue weighted by Gasteiger charge is -2.11. The number of nitrogens with zero attached hydrogens (tertiary/aromatic N) is 2. The lowest BCUT2D eigenvalue weighted by atomic mass is 10.1. The first-order valence-corrected chi connectivity index (χ1v) is 7.54. The Balaban J connectivity index is 2.44. The van der Waals surface area contributed by atoms with Gasteiger partial charge in [-0.3, -0.25) is 0 Å². The molecule has 2 aromatic rings. The summed E-state index contributed by atoms with van der Waals surface area (Å²) in [4.78, 5) is 9.25. The number of benzene rings is 1. The predicted octanol–water partition coefficient (Wildman–Crippen LogP) is 4.19. The Hall–Kier alpha value is -1.17. The number of hydrogen-bond donors (Lipinski definition) is 1. The molecule has 2 rings (SSSR count). The molecule has 0 atom stereocenters. The first-order valence-electron chi connectivity index (χ1n) is 6.47. The van der Waals surface area contributed by atoms with Crippen LogP contribution in [-0.4, -0.2) is 16.5 Å². The number of nitrogens with one attached hydrogen (secondary N) is 1. The number of aryl methyl sites for hydroxylation is 2. The summed E-state index contributed by atoms with van der Waals surface area (Å²) in [5, 5.41) is 3.37.